The van der Waals surface area contributed by atoms with E-state index in [0.717, 1.165) is 18.9 Å². The van der Waals surface area contributed by atoms with Crippen molar-refractivity contribution in [3.8, 4) is 0 Å². The molecular formula is C23H28N6O2. The summed E-state index contributed by atoms with van der Waals surface area (Å²) in [6.07, 6.45) is 1.83. The molecule has 162 valence electrons. The third-order valence-electron chi connectivity index (χ3n) is 5.61. The zero-order chi connectivity index (χ0) is 21.8. The zero-order valence-electron chi connectivity index (χ0n) is 17.9. The minimum atomic E-state index is -0.734. The van der Waals surface area contributed by atoms with E-state index in [1.54, 1.807) is 6.20 Å². The highest BCUT2D eigenvalue weighted by molar-refractivity contribution is 6.06. The van der Waals surface area contributed by atoms with Gasteiger partial charge in [-0.15, -0.1) is 0 Å². The Labute approximate surface area is 182 Å². The van der Waals surface area contributed by atoms with Crippen molar-refractivity contribution in [3.05, 3.63) is 54.2 Å². The first-order chi connectivity index (χ1) is 15.0. The molecule has 2 N–H and O–H groups in total. The molecule has 8 nitrogen and oxygen atoms in total. The first-order valence-electron chi connectivity index (χ1n) is 10.7. The third kappa shape index (κ3) is 5.02. The molecule has 3 heterocycles. The van der Waals surface area contributed by atoms with Gasteiger partial charge in [0.1, 0.15) is 11.9 Å². The van der Waals surface area contributed by atoms with Crippen LogP contribution < -0.4 is 15.5 Å². The van der Waals surface area contributed by atoms with Gasteiger partial charge in [0.05, 0.1) is 6.42 Å². The number of nitrogens with one attached hydrogen (secondary N) is 2. The fraction of sp³-hybridized carbons (Fsp3) is 0.391. The lowest BCUT2D eigenvalue weighted by atomic mass is 10.0. The van der Waals surface area contributed by atoms with Gasteiger partial charge in [-0.2, -0.15) is 0 Å². The van der Waals surface area contributed by atoms with Gasteiger partial charge in [0.25, 0.3) is 0 Å². The molecule has 2 aliphatic rings. The van der Waals surface area contributed by atoms with Crippen LogP contribution in [0.3, 0.4) is 0 Å². The summed E-state index contributed by atoms with van der Waals surface area (Å²) >= 11 is 0. The Bertz CT molecular complexity index is 950. The number of hydrogen-bond acceptors (Lipinski definition) is 6. The lowest BCUT2D eigenvalue weighted by Crippen LogP contribution is -2.56. The van der Waals surface area contributed by atoms with Gasteiger partial charge in [-0.1, -0.05) is 32.0 Å². The molecule has 1 aromatic heterocycles. The molecule has 0 aliphatic carbocycles. The lowest BCUT2D eigenvalue weighted by molar-refractivity contribution is -0.125. The minimum Gasteiger partial charge on any atom is -0.353 e. The molecule has 0 bridgehead atoms. The van der Waals surface area contributed by atoms with Crippen molar-refractivity contribution in [2.75, 3.05) is 36.4 Å². The van der Waals surface area contributed by atoms with E-state index in [1.165, 1.54) is 5.56 Å². The van der Waals surface area contributed by atoms with Crippen molar-refractivity contribution in [1.29, 1.82) is 0 Å². The van der Waals surface area contributed by atoms with E-state index >= 15 is 0 Å². The van der Waals surface area contributed by atoms with E-state index in [-0.39, 0.29) is 18.2 Å². The van der Waals surface area contributed by atoms with E-state index in [4.69, 9.17) is 0 Å². The standard InChI is InChI=1S/C23H28N6O2/c1-16(2)17-6-8-18(9-7-17)25-22(31)19-15-21(30)27-23(26-19)29-13-11-28(12-14-29)20-5-3-4-10-24-20/h3-10,16,19H,11-15H2,1-2H3,(H,25,31)(H,26,27,30). The zero-order valence-corrected chi connectivity index (χ0v) is 17.9. The molecule has 1 aromatic carbocycles. The first kappa shape index (κ1) is 20.8. The van der Waals surface area contributed by atoms with Crippen LogP contribution in [0.5, 0.6) is 0 Å². The summed E-state index contributed by atoms with van der Waals surface area (Å²) in [6, 6.07) is 12.9. The maximum absolute atomic E-state index is 12.8. The second kappa shape index (κ2) is 9.16. The molecule has 0 saturated carbocycles. The average Bonchev–Trinajstić information content (AvgIpc) is 2.79. The predicted octanol–water partition coefficient (Wildman–Crippen LogP) is 2.21. The number of pyridine rings is 1. The van der Waals surface area contributed by atoms with E-state index in [1.807, 2.05) is 47.4 Å². The number of piperazine rings is 1. The highest BCUT2D eigenvalue weighted by atomic mass is 16.2. The van der Waals surface area contributed by atoms with Crippen LogP contribution >= 0.6 is 0 Å². The van der Waals surface area contributed by atoms with Crippen molar-refractivity contribution in [2.45, 2.75) is 32.2 Å². The summed E-state index contributed by atoms with van der Waals surface area (Å²) in [5.41, 5.74) is 1.92. The quantitative estimate of drug-likeness (QED) is 0.792. The fourth-order valence-electron chi connectivity index (χ4n) is 3.75. The molecule has 8 heteroatoms. The van der Waals surface area contributed by atoms with Gasteiger partial charge < -0.3 is 15.1 Å². The molecule has 2 aromatic rings. The molecule has 2 amide bonds. The highest BCUT2D eigenvalue weighted by Crippen LogP contribution is 2.19. The summed E-state index contributed by atoms with van der Waals surface area (Å²) < 4.78 is 0. The van der Waals surface area contributed by atoms with Gasteiger partial charge in [0, 0.05) is 38.1 Å². The first-order valence-corrected chi connectivity index (χ1v) is 10.7. The molecule has 4 rings (SSSR count). The number of aromatic nitrogens is 1. The fourth-order valence-corrected chi connectivity index (χ4v) is 3.75. The number of benzene rings is 1. The van der Waals surface area contributed by atoms with Gasteiger partial charge >= 0.3 is 0 Å². The van der Waals surface area contributed by atoms with E-state index < -0.39 is 6.04 Å². The number of carbonyl (C=O) groups is 2. The van der Waals surface area contributed by atoms with E-state index in [0.29, 0.717) is 30.7 Å². The Morgan fingerprint density at radius 2 is 1.77 bits per heavy atom. The number of aliphatic imine (C=N–C) groups is 1. The smallest absolute Gasteiger partial charge is 0.249 e. The Balaban J connectivity index is 1.39. The van der Waals surface area contributed by atoms with Gasteiger partial charge in [-0.25, -0.2) is 9.98 Å². The molecule has 1 atom stereocenters. The molecule has 31 heavy (non-hydrogen) atoms. The number of rotatable bonds is 4. The SMILES string of the molecule is CC(C)c1ccc(NC(=O)C2CC(=O)NC(N3CCN(c4ccccn4)CC3)=N2)cc1. The number of guanidine groups is 1. The monoisotopic (exact) mass is 420 g/mol. The minimum absolute atomic E-state index is 0.0489. The number of nitrogens with zero attached hydrogens (tertiary/aromatic N) is 4. The highest BCUT2D eigenvalue weighted by Gasteiger charge is 2.30. The maximum atomic E-state index is 12.8. The van der Waals surface area contributed by atoms with Gasteiger partial charge in [-0.05, 0) is 35.7 Å². The van der Waals surface area contributed by atoms with Crippen LogP contribution in [0.25, 0.3) is 0 Å². The second-order valence-electron chi connectivity index (χ2n) is 8.15. The van der Waals surface area contributed by atoms with Crippen LogP contribution in [0.15, 0.2) is 53.7 Å². The molecule has 2 aliphatic heterocycles. The summed E-state index contributed by atoms with van der Waals surface area (Å²) in [5, 5.41) is 5.72. The van der Waals surface area contributed by atoms with Gasteiger partial charge in [0.2, 0.25) is 17.8 Å². The van der Waals surface area contributed by atoms with Crippen molar-refractivity contribution in [3.63, 3.8) is 0 Å². The van der Waals surface area contributed by atoms with Crippen molar-refractivity contribution in [2.24, 2.45) is 4.99 Å². The maximum Gasteiger partial charge on any atom is 0.249 e. The van der Waals surface area contributed by atoms with Crippen molar-refractivity contribution >= 4 is 29.3 Å². The third-order valence-corrected chi connectivity index (χ3v) is 5.61. The predicted molar refractivity (Wildman–Crippen MR) is 121 cm³/mol. The number of hydrogen-bond donors (Lipinski definition) is 2. The Hall–Kier alpha value is -3.42. The van der Waals surface area contributed by atoms with Crippen molar-refractivity contribution in [1.82, 2.24) is 15.2 Å². The van der Waals surface area contributed by atoms with Gasteiger partial charge in [0.15, 0.2) is 0 Å². The molecular weight excluding hydrogens is 392 g/mol. The molecule has 1 fully saturated rings. The largest absolute Gasteiger partial charge is 0.353 e. The Kier molecular flexibility index (Phi) is 6.16. The molecule has 1 unspecified atom stereocenters. The molecule has 0 spiro atoms. The normalized spacial score (nSPS) is 19.1. The molecule has 0 radical (unpaired) electrons. The van der Waals surface area contributed by atoms with Crippen molar-refractivity contribution < 1.29 is 9.59 Å². The summed E-state index contributed by atoms with van der Waals surface area (Å²) in [4.78, 5) is 38.2. The Morgan fingerprint density at radius 3 is 2.42 bits per heavy atom. The summed E-state index contributed by atoms with van der Waals surface area (Å²) in [5.74, 6) is 1.39. The van der Waals surface area contributed by atoms with Gasteiger partial charge in [-0.3, -0.25) is 14.9 Å². The van der Waals surface area contributed by atoms with Crippen LogP contribution in [0, 0.1) is 0 Å². The van der Waals surface area contributed by atoms with E-state index in [2.05, 4.69) is 39.4 Å². The van der Waals surface area contributed by atoms with Crippen LogP contribution in [0.2, 0.25) is 0 Å². The number of amides is 2. The van der Waals surface area contributed by atoms with Crippen LogP contribution in [0.1, 0.15) is 31.7 Å². The summed E-state index contributed by atoms with van der Waals surface area (Å²) in [6.45, 7) is 7.18. The number of anilines is 2. The molecule has 1 saturated heterocycles. The summed E-state index contributed by atoms with van der Waals surface area (Å²) in [7, 11) is 0. The number of carbonyl (C=O) groups excluding carboxylic acids is 2. The Morgan fingerprint density at radius 1 is 1.06 bits per heavy atom. The second-order valence-corrected chi connectivity index (χ2v) is 8.15. The van der Waals surface area contributed by atoms with E-state index in [9.17, 15) is 9.59 Å². The topological polar surface area (TPSA) is 89.9 Å². The lowest BCUT2D eigenvalue weighted by Gasteiger charge is -2.38. The van der Waals surface area contributed by atoms with Crippen LogP contribution in [-0.4, -0.2) is 59.9 Å². The van der Waals surface area contributed by atoms with Crippen LogP contribution in [0.4, 0.5) is 11.5 Å². The van der Waals surface area contributed by atoms with Crippen LogP contribution in [-0.2, 0) is 9.59 Å². The average molecular weight is 421 g/mol.